The SMILES string of the molecule is Cc1ccc(-n2cc(C(=O)NCc3ccc(Br)cc3)nn2)cc1. The van der Waals surface area contributed by atoms with Gasteiger partial charge in [0.25, 0.3) is 5.91 Å². The van der Waals surface area contributed by atoms with E-state index in [0.29, 0.717) is 12.2 Å². The molecule has 2 aromatic carbocycles. The topological polar surface area (TPSA) is 59.8 Å². The molecule has 0 spiro atoms. The highest BCUT2D eigenvalue weighted by atomic mass is 79.9. The van der Waals surface area contributed by atoms with E-state index in [0.717, 1.165) is 15.7 Å². The van der Waals surface area contributed by atoms with E-state index in [1.807, 2.05) is 55.5 Å². The van der Waals surface area contributed by atoms with E-state index < -0.39 is 0 Å². The Morgan fingerprint density at radius 2 is 1.83 bits per heavy atom. The van der Waals surface area contributed by atoms with Crippen LogP contribution in [0.2, 0.25) is 0 Å². The number of nitrogens with zero attached hydrogens (tertiary/aromatic N) is 3. The van der Waals surface area contributed by atoms with Gasteiger partial charge in [-0.1, -0.05) is 51.0 Å². The molecule has 6 heteroatoms. The van der Waals surface area contributed by atoms with Crippen LogP contribution in [-0.4, -0.2) is 20.9 Å². The Bertz CT molecular complexity index is 809. The Labute approximate surface area is 142 Å². The van der Waals surface area contributed by atoms with Crippen LogP contribution in [0.4, 0.5) is 0 Å². The quantitative estimate of drug-likeness (QED) is 0.766. The number of rotatable bonds is 4. The Morgan fingerprint density at radius 1 is 1.13 bits per heavy atom. The van der Waals surface area contributed by atoms with Crippen LogP contribution in [-0.2, 0) is 6.54 Å². The van der Waals surface area contributed by atoms with Crippen molar-refractivity contribution in [3.63, 3.8) is 0 Å². The first-order valence-corrected chi connectivity index (χ1v) is 7.93. The number of aromatic nitrogens is 3. The molecule has 0 aliphatic heterocycles. The summed E-state index contributed by atoms with van der Waals surface area (Å²) >= 11 is 3.38. The zero-order valence-electron chi connectivity index (χ0n) is 12.5. The second-order valence-corrected chi connectivity index (χ2v) is 6.11. The number of hydrogen-bond donors (Lipinski definition) is 1. The minimum Gasteiger partial charge on any atom is -0.347 e. The first kappa shape index (κ1) is 15.4. The molecule has 0 saturated heterocycles. The molecular formula is C17H15BrN4O. The Morgan fingerprint density at radius 3 is 2.52 bits per heavy atom. The lowest BCUT2D eigenvalue weighted by atomic mass is 10.2. The minimum atomic E-state index is -0.244. The van der Waals surface area contributed by atoms with E-state index in [1.165, 1.54) is 5.56 Å². The molecule has 0 aliphatic carbocycles. The van der Waals surface area contributed by atoms with Crippen molar-refractivity contribution in [2.45, 2.75) is 13.5 Å². The fourth-order valence-corrected chi connectivity index (χ4v) is 2.33. The van der Waals surface area contributed by atoms with Crippen molar-refractivity contribution in [3.05, 3.63) is 76.0 Å². The smallest absolute Gasteiger partial charge is 0.273 e. The summed E-state index contributed by atoms with van der Waals surface area (Å²) in [7, 11) is 0. The van der Waals surface area contributed by atoms with Gasteiger partial charge in [-0.15, -0.1) is 5.10 Å². The van der Waals surface area contributed by atoms with Crippen molar-refractivity contribution in [2.75, 3.05) is 0 Å². The van der Waals surface area contributed by atoms with E-state index >= 15 is 0 Å². The van der Waals surface area contributed by atoms with Crippen LogP contribution in [0.3, 0.4) is 0 Å². The van der Waals surface area contributed by atoms with Crippen molar-refractivity contribution in [3.8, 4) is 5.69 Å². The van der Waals surface area contributed by atoms with Crippen LogP contribution < -0.4 is 5.32 Å². The summed E-state index contributed by atoms with van der Waals surface area (Å²) in [4.78, 5) is 12.1. The van der Waals surface area contributed by atoms with Crippen molar-refractivity contribution >= 4 is 21.8 Å². The van der Waals surface area contributed by atoms with Crippen LogP contribution in [0.15, 0.2) is 59.2 Å². The van der Waals surface area contributed by atoms with Crippen LogP contribution in [0.25, 0.3) is 5.69 Å². The number of hydrogen-bond acceptors (Lipinski definition) is 3. The van der Waals surface area contributed by atoms with E-state index in [9.17, 15) is 4.79 Å². The maximum Gasteiger partial charge on any atom is 0.273 e. The third kappa shape index (κ3) is 3.84. The fraction of sp³-hybridized carbons (Fsp3) is 0.118. The van der Waals surface area contributed by atoms with Gasteiger partial charge in [-0.2, -0.15) is 0 Å². The van der Waals surface area contributed by atoms with E-state index in [4.69, 9.17) is 0 Å². The first-order chi connectivity index (χ1) is 11.1. The van der Waals surface area contributed by atoms with Crippen molar-refractivity contribution in [2.24, 2.45) is 0 Å². The lowest BCUT2D eigenvalue weighted by molar-refractivity contribution is 0.0946. The summed E-state index contributed by atoms with van der Waals surface area (Å²) in [5.74, 6) is -0.244. The molecule has 5 nitrogen and oxygen atoms in total. The van der Waals surface area contributed by atoms with Gasteiger partial charge < -0.3 is 5.32 Å². The second kappa shape index (κ2) is 6.75. The Balaban J connectivity index is 1.66. The molecule has 0 bridgehead atoms. The van der Waals surface area contributed by atoms with E-state index in [1.54, 1.807) is 10.9 Å². The molecule has 1 aromatic heterocycles. The molecule has 116 valence electrons. The number of benzene rings is 2. The largest absolute Gasteiger partial charge is 0.347 e. The number of aryl methyl sites for hydroxylation is 1. The lowest BCUT2D eigenvalue weighted by Crippen LogP contribution is -2.23. The third-order valence-corrected chi connectivity index (χ3v) is 3.92. The van der Waals surface area contributed by atoms with Crippen molar-refractivity contribution in [1.82, 2.24) is 20.3 Å². The standard InChI is InChI=1S/C17H15BrN4O/c1-12-2-8-15(9-3-12)22-11-16(20-21-22)17(23)19-10-13-4-6-14(18)7-5-13/h2-9,11H,10H2,1H3,(H,19,23). The molecule has 3 aromatic rings. The molecule has 0 aliphatic rings. The summed E-state index contributed by atoms with van der Waals surface area (Å²) in [6.07, 6.45) is 1.63. The van der Waals surface area contributed by atoms with Gasteiger partial charge in [0.05, 0.1) is 11.9 Å². The summed E-state index contributed by atoms with van der Waals surface area (Å²) in [5, 5.41) is 10.8. The molecule has 0 unspecified atom stereocenters. The summed E-state index contributed by atoms with van der Waals surface area (Å²) in [6.45, 7) is 2.47. The highest BCUT2D eigenvalue weighted by Gasteiger charge is 2.11. The zero-order chi connectivity index (χ0) is 16.2. The fourth-order valence-electron chi connectivity index (χ4n) is 2.07. The average molecular weight is 371 g/mol. The molecule has 1 heterocycles. The second-order valence-electron chi connectivity index (χ2n) is 5.19. The third-order valence-electron chi connectivity index (χ3n) is 3.39. The van der Waals surface area contributed by atoms with Gasteiger partial charge in [0.1, 0.15) is 0 Å². The van der Waals surface area contributed by atoms with E-state index in [2.05, 4.69) is 31.6 Å². The molecule has 1 amide bonds. The summed E-state index contributed by atoms with van der Waals surface area (Å²) in [5.41, 5.74) is 3.35. The van der Waals surface area contributed by atoms with Crippen LogP contribution in [0, 0.1) is 6.92 Å². The molecule has 0 saturated carbocycles. The van der Waals surface area contributed by atoms with Gasteiger partial charge in [-0.25, -0.2) is 4.68 Å². The number of halogens is 1. The van der Waals surface area contributed by atoms with Crippen molar-refractivity contribution < 1.29 is 4.79 Å². The van der Waals surface area contributed by atoms with Gasteiger partial charge >= 0.3 is 0 Å². The molecule has 1 N–H and O–H groups in total. The number of carbonyl (C=O) groups excluding carboxylic acids is 1. The molecule has 0 atom stereocenters. The van der Waals surface area contributed by atoms with Gasteiger partial charge in [-0.3, -0.25) is 4.79 Å². The van der Waals surface area contributed by atoms with E-state index in [-0.39, 0.29) is 5.91 Å². The van der Waals surface area contributed by atoms with Crippen LogP contribution >= 0.6 is 15.9 Å². The molecule has 0 radical (unpaired) electrons. The predicted octanol–water partition coefficient (Wildman–Crippen LogP) is 3.27. The normalized spacial score (nSPS) is 10.5. The van der Waals surface area contributed by atoms with Crippen molar-refractivity contribution in [1.29, 1.82) is 0 Å². The molecular weight excluding hydrogens is 356 g/mol. The van der Waals surface area contributed by atoms with Gasteiger partial charge in [0, 0.05) is 11.0 Å². The number of amides is 1. The molecule has 0 fully saturated rings. The lowest BCUT2D eigenvalue weighted by Gasteiger charge is -2.03. The number of nitrogens with one attached hydrogen (secondary N) is 1. The molecule has 23 heavy (non-hydrogen) atoms. The summed E-state index contributed by atoms with van der Waals surface area (Å²) < 4.78 is 2.60. The monoisotopic (exact) mass is 370 g/mol. The number of carbonyl (C=O) groups is 1. The Kier molecular flexibility index (Phi) is 4.52. The molecule has 3 rings (SSSR count). The highest BCUT2D eigenvalue weighted by Crippen LogP contribution is 2.11. The van der Waals surface area contributed by atoms with Gasteiger partial charge in [0.15, 0.2) is 5.69 Å². The maximum absolute atomic E-state index is 12.1. The van der Waals surface area contributed by atoms with Gasteiger partial charge in [-0.05, 0) is 36.8 Å². The first-order valence-electron chi connectivity index (χ1n) is 7.14. The van der Waals surface area contributed by atoms with Crippen LogP contribution in [0.1, 0.15) is 21.6 Å². The van der Waals surface area contributed by atoms with Crippen LogP contribution in [0.5, 0.6) is 0 Å². The highest BCUT2D eigenvalue weighted by molar-refractivity contribution is 9.10. The Hall–Kier alpha value is -2.47. The van der Waals surface area contributed by atoms with Gasteiger partial charge in [0.2, 0.25) is 0 Å². The minimum absolute atomic E-state index is 0.244. The average Bonchev–Trinajstić information content (AvgIpc) is 3.05. The predicted molar refractivity (Wildman–Crippen MR) is 91.4 cm³/mol. The summed E-state index contributed by atoms with van der Waals surface area (Å²) in [6, 6.07) is 15.6. The maximum atomic E-state index is 12.1. The zero-order valence-corrected chi connectivity index (χ0v) is 14.1.